The summed E-state index contributed by atoms with van der Waals surface area (Å²) in [7, 11) is 5.89. The predicted octanol–water partition coefficient (Wildman–Crippen LogP) is 2.29. The normalized spacial score (nSPS) is 22.0. The average molecular weight is 441 g/mol. The molecule has 2 aliphatic rings. The molecule has 2 rings (SSSR count). The molecule has 2 N–H and O–H groups in total. The Kier molecular flexibility index (Phi) is 9.73. The van der Waals surface area contributed by atoms with Crippen LogP contribution in [0.3, 0.4) is 0 Å². The summed E-state index contributed by atoms with van der Waals surface area (Å²) < 4.78 is 11.8. The highest BCUT2D eigenvalue weighted by atomic mass is 16.7. The van der Waals surface area contributed by atoms with E-state index in [1.165, 1.54) is 4.90 Å². The fourth-order valence-corrected chi connectivity index (χ4v) is 5.13. The maximum Gasteiger partial charge on any atom is 0.324 e. The van der Waals surface area contributed by atoms with E-state index in [-0.39, 0.29) is 23.3 Å². The maximum absolute atomic E-state index is 13.3. The van der Waals surface area contributed by atoms with Gasteiger partial charge in [0.1, 0.15) is 0 Å². The van der Waals surface area contributed by atoms with Gasteiger partial charge in [0.05, 0.1) is 19.1 Å². The Morgan fingerprint density at radius 3 is 2.48 bits per heavy atom. The molecule has 0 unspecified atom stereocenters. The topological polar surface area (TPSA) is 83.1 Å². The van der Waals surface area contributed by atoms with Crippen molar-refractivity contribution in [1.29, 1.82) is 0 Å². The minimum Gasteiger partial charge on any atom is -0.348 e. The summed E-state index contributed by atoms with van der Waals surface area (Å²) in [4.78, 5) is 29.7. The zero-order chi connectivity index (χ0) is 23.1. The lowest BCUT2D eigenvalue weighted by molar-refractivity contribution is -0.188. The van der Waals surface area contributed by atoms with Gasteiger partial charge in [-0.25, -0.2) is 4.79 Å². The first-order valence-electron chi connectivity index (χ1n) is 11.8. The largest absolute Gasteiger partial charge is 0.348 e. The third-order valence-corrected chi connectivity index (χ3v) is 6.29. The SMILES string of the molecule is CCN(C(=O)NCC(C)(C)CN(C)C)C(=O)[C@@H](CNC)C[C@H]1CCCC2(C1)OCCO2. The summed E-state index contributed by atoms with van der Waals surface area (Å²) in [5.41, 5.74) is -0.0797. The first-order valence-corrected chi connectivity index (χ1v) is 11.8. The number of hydrogen-bond acceptors (Lipinski definition) is 6. The molecular formula is C23H44N4O4. The number of nitrogens with one attached hydrogen (secondary N) is 2. The van der Waals surface area contributed by atoms with Gasteiger partial charge in [-0.1, -0.05) is 20.3 Å². The van der Waals surface area contributed by atoms with Crippen molar-refractivity contribution in [3.63, 3.8) is 0 Å². The number of ether oxygens (including phenoxy) is 2. The number of rotatable bonds is 10. The van der Waals surface area contributed by atoms with Gasteiger partial charge in [-0.3, -0.25) is 9.69 Å². The number of carbonyl (C=O) groups excluding carboxylic acids is 2. The Morgan fingerprint density at radius 2 is 1.90 bits per heavy atom. The molecule has 2 fully saturated rings. The van der Waals surface area contributed by atoms with Crippen molar-refractivity contribution < 1.29 is 19.1 Å². The summed E-state index contributed by atoms with van der Waals surface area (Å²) in [5, 5.41) is 6.13. The molecule has 2 atom stereocenters. The second-order valence-electron chi connectivity index (χ2n) is 10.2. The minimum atomic E-state index is -0.448. The second kappa shape index (κ2) is 11.6. The number of nitrogens with zero attached hydrogens (tertiary/aromatic N) is 2. The fraction of sp³-hybridized carbons (Fsp3) is 0.913. The van der Waals surface area contributed by atoms with E-state index in [0.717, 1.165) is 38.6 Å². The Balaban J connectivity index is 1.98. The molecule has 8 nitrogen and oxygen atoms in total. The molecule has 1 aliphatic carbocycles. The van der Waals surface area contributed by atoms with Crippen LogP contribution >= 0.6 is 0 Å². The summed E-state index contributed by atoms with van der Waals surface area (Å²) in [6.45, 7) is 9.67. The summed E-state index contributed by atoms with van der Waals surface area (Å²) >= 11 is 0. The van der Waals surface area contributed by atoms with Crippen LogP contribution in [0, 0.1) is 17.3 Å². The van der Waals surface area contributed by atoms with Crippen molar-refractivity contribution in [3.05, 3.63) is 0 Å². The molecule has 0 aromatic heterocycles. The van der Waals surface area contributed by atoms with Crippen LogP contribution in [0.15, 0.2) is 0 Å². The quantitative estimate of drug-likeness (QED) is 0.542. The van der Waals surface area contributed by atoms with Gasteiger partial charge in [-0.2, -0.15) is 0 Å². The van der Waals surface area contributed by atoms with E-state index in [0.29, 0.717) is 38.8 Å². The van der Waals surface area contributed by atoms with Crippen molar-refractivity contribution in [2.75, 3.05) is 60.5 Å². The fourth-order valence-electron chi connectivity index (χ4n) is 5.13. The molecule has 8 heteroatoms. The first-order chi connectivity index (χ1) is 14.6. The van der Waals surface area contributed by atoms with Gasteiger partial charge >= 0.3 is 6.03 Å². The molecule has 0 bridgehead atoms. The van der Waals surface area contributed by atoms with E-state index in [1.54, 1.807) is 0 Å². The van der Waals surface area contributed by atoms with Gasteiger partial charge in [0.2, 0.25) is 5.91 Å². The number of imide groups is 1. The lowest BCUT2D eigenvalue weighted by Gasteiger charge is -2.37. The molecule has 0 aromatic rings. The van der Waals surface area contributed by atoms with Gasteiger partial charge in [0.25, 0.3) is 0 Å². The third kappa shape index (κ3) is 7.70. The minimum absolute atomic E-state index is 0.0797. The lowest BCUT2D eigenvalue weighted by Crippen LogP contribution is -2.51. The van der Waals surface area contributed by atoms with Crippen molar-refractivity contribution in [3.8, 4) is 0 Å². The van der Waals surface area contributed by atoms with E-state index in [4.69, 9.17) is 9.47 Å². The highest BCUT2D eigenvalue weighted by molar-refractivity contribution is 5.95. The Labute approximate surface area is 188 Å². The van der Waals surface area contributed by atoms with E-state index in [1.807, 2.05) is 28.1 Å². The molecular weight excluding hydrogens is 396 g/mol. The monoisotopic (exact) mass is 440 g/mol. The smallest absolute Gasteiger partial charge is 0.324 e. The van der Waals surface area contributed by atoms with Crippen LogP contribution in [0.1, 0.15) is 52.9 Å². The van der Waals surface area contributed by atoms with Gasteiger partial charge in [0.15, 0.2) is 5.79 Å². The van der Waals surface area contributed by atoms with Crippen molar-refractivity contribution in [2.45, 2.75) is 58.7 Å². The van der Waals surface area contributed by atoms with Crippen LogP contribution < -0.4 is 10.6 Å². The van der Waals surface area contributed by atoms with Gasteiger partial charge in [-0.05, 0) is 52.2 Å². The van der Waals surface area contributed by atoms with Crippen LogP contribution in [0.2, 0.25) is 0 Å². The van der Waals surface area contributed by atoms with Crippen LogP contribution in [-0.4, -0.2) is 88.1 Å². The predicted molar refractivity (Wildman–Crippen MR) is 122 cm³/mol. The molecule has 1 aliphatic heterocycles. The summed E-state index contributed by atoms with van der Waals surface area (Å²) in [6, 6.07) is -0.303. The van der Waals surface area contributed by atoms with Gasteiger partial charge in [0, 0.05) is 39.0 Å². The van der Waals surface area contributed by atoms with Crippen LogP contribution in [0.4, 0.5) is 4.79 Å². The van der Waals surface area contributed by atoms with E-state index < -0.39 is 5.79 Å². The summed E-state index contributed by atoms with van der Waals surface area (Å²) in [5.74, 6) is -0.440. The van der Waals surface area contributed by atoms with Gasteiger partial charge < -0.3 is 25.0 Å². The van der Waals surface area contributed by atoms with Crippen molar-refractivity contribution >= 4 is 11.9 Å². The average Bonchev–Trinajstić information content (AvgIpc) is 3.13. The second-order valence-corrected chi connectivity index (χ2v) is 10.2. The van der Waals surface area contributed by atoms with E-state index in [2.05, 4.69) is 29.4 Å². The molecule has 1 saturated heterocycles. The molecule has 1 saturated carbocycles. The van der Waals surface area contributed by atoms with Crippen LogP contribution in [-0.2, 0) is 14.3 Å². The molecule has 1 spiro atoms. The zero-order valence-corrected chi connectivity index (χ0v) is 20.5. The van der Waals surface area contributed by atoms with Gasteiger partial charge in [-0.15, -0.1) is 0 Å². The zero-order valence-electron chi connectivity index (χ0n) is 20.5. The molecule has 0 radical (unpaired) electrons. The molecule has 1 heterocycles. The van der Waals surface area contributed by atoms with Crippen LogP contribution in [0.5, 0.6) is 0 Å². The standard InChI is InChI=1S/C23H44N4O4/c1-7-27(21(29)25-16-22(2,3)17-26(5)6)20(28)19(15-24-4)13-18-9-8-10-23(14-18)30-11-12-31-23/h18-19,24H,7-17H2,1-6H3,(H,25,29)/t18-,19-/m1/s1. The highest BCUT2D eigenvalue weighted by Gasteiger charge is 2.42. The highest BCUT2D eigenvalue weighted by Crippen LogP contribution is 2.41. The Morgan fingerprint density at radius 1 is 1.23 bits per heavy atom. The van der Waals surface area contributed by atoms with E-state index in [9.17, 15) is 9.59 Å². The van der Waals surface area contributed by atoms with Crippen molar-refractivity contribution in [2.24, 2.45) is 17.3 Å². The Hall–Kier alpha value is -1.22. The Bertz CT molecular complexity index is 590. The molecule has 3 amide bonds. The summed E-state index contributed by atoms with van der Waals surface area (Å²) in [6.07, 6.45) is 4.62. The molecule has 180 valence electrons. The maximum atomic E-state index is 13.3. The lowest BCUT2D eigenvalue weighted by atomic mass is 9.79. The van der Waals surface area contributed by atoms with E-state index >= 15 is 0 Å². The number of urea groups is 1. The van der Waals surface area contributed by atoms with Crippen molar-refractivity contribution in [1.82, 2.24) is 20.4 Å². The number of amides is 3. The molecule has 0 aromatic carbocycles. The number of carbonyl (C=O) groups is 2. The molecule has 31 heavy (non-hydrogen) atoms. The first kappa shape index (κ1) is 26.0. The van der Waals surface area contributed by atoms with Crippen LogP contribution in [0.25, 0.3) is 0 Å². The number of hydrogen-bond donors (Lipinski definition) is 2. The third-order valence-electron chi connectivity index (χ3n) is 6.29.